The van der Waals surface area contributed by atoms with Crippen LogP contribution in [0.3, 0.4) is 0 Å². The SMILES string of the molecule is CC(CN(CC(=O)[O-])CC(=O)[O-])CN(CC(=O)[O-])CC(=O)[O-].[Fe+5].[Na+]. The second-order valence-corrected chi connectivity index (χ2v) is 4.93. The molecular formula is C12H16FeN2NaO8+2. The topological polar surface area (TPSA) is 167 Å². The smallest absolute Gasteiger partial charge is 0.549 e. The van der Waals surface area contributed by atoms with Crippen molar-refractivity contribution in [1.29, 1.82) is 0 Å². The molecule has 0 N–H and O–H groups in total. The van der Waals surface area contributed by atoms with Crippen LogP contribution in [0.4, 0.5) is 0 Å². The number of rotatable bonds is 12. The molecule has 12 heteroatoms. The van der Waals surface area contributed by atoms with E-state index in [0.29, 0.717) is 0 Å². The summed E-state index contributed by atoms with van der Waals surface area (Å²) in [6, 6.07) is 0. The molecule has 0 fully saturated rings. The first kappa shape index (κ1) is 28.1. The summed E-state index contributed by atoms with van der Waals surface area (Å²) in [6.45, 7) is -1.04. The van der Waals surface area contributed by atoms with Gasteiger partial charge in [0.05, 0.1) is 23.9 Å². The summed E-state index contributed by atoms with van der Waals surface area (Å²) in [5.41, 5.74) is 0. The quantitative estimate of drug-likeness (QED) is 0.289. The Balaban J connectivity index is -0.00000220. The monoisotopic (exact) mass is 395 g/mol. The van der Waals surface area contributed by atoms with E-state index < -0.39 is 56.0 Å². The van der Waals surface area contributed by atoms with Crippen molar-refractivity contribution >= 4 is 23.9 Å². The van der Waals surface area contributed by atoms with Crippen LogP contribution in [0.25, 0.3) is 0 Å². The summed E-state index contributed by atoms with van der Waals surface area (Å²) >= 11 is 0. The van der Waals surface area contributed by atoms with Gasteiger partial charge in [-0.25, -0.2) is 0 Å². The van der Waals surface area contributed by atoms with Gasteiger partial charge in [0.2, 0.25) is 0 Å². The van der Waals surface area contributed by atoms with Crippen LogP contribution in [0.15, 0.2) is 0 Å². The predicted molar refractivity (Wildman–Crippen MR) is 62.1 cm³/mol. The first-order valence-corrected chi connectivity index (χ1v) is 6.34. The van der Waals surface area contributed by atoms with E-state index in [0.717, 1.165) is 9.80 Å². The summed E-state index contributed by atoms with van der Waals surface area (Å²) in [5, 5.41) is 42.1. The molecule has 0 heterocycles. The summed E-state index contributed by atoms with van der Waals surface area (Å²) in [5.74, 6) is -6.33. The first-order valence-electron chi connectivity index (χ1n) is 6.34. The summed E-state index contributed by atoms with van der Waals surface area (Å²) in [4.78, 5) is 44.2. The van der Waals surface area contributed by atoms with Crippen LogP contribution in [0.1, 0.15) is 6.92 Å². The molecule has 0 amide bonds. The standard InChI is InChI=1S/C12H20N2O8.Fe.Na/c1-8(2-13(4-9(15)16)5-10(17)18)3-14(6-11(19)20)7-12(21)22;;/h8H,2-7H2,1H3,(H,15,16)(H,17,18)(H,19,20)(H,21,22);;/q;+5;+1/p-4. The van der Waals surface area contributed by atoms with Crippen molar-refractivity contribution < 1.29 is 86.2 Å². The number of nitrogens with zero attached hydrogens (tertiary/aromatic N) is 2. The van der Waals surface area contributed by atoms with E-state index in [1.54, 1.807) is 6.92 Å². The van der Waals surface area contributed by atoms with Crippen LogP contribution >= 0.6 is 0 Å². The minimum absolute atomic E-state index is 0. The summed E-state index contributed by atoms with van der Waals surface area (Å²) < 4.78 is 0. The zero-order chi connectivity index (χ0) is 17.3. The average Bonchev–Trinajstić information content (AvgIpc) is 2.23. The Hall–Kier alpha value is -0.681. The average molecular weight is 395 g/mol. The van der Waals surface area contributed by atoms with E-state index in [2.05, 4.69) is 0 Å². The fourth-order valence-electron chi connectivity index (χ4n) is 2.04. The Bertz CT molecular complexity index is 367. The van der Waals surface area contributed by atoms with Crippen molar-refractivity contribution in [3.8, 4) is 0 Å². The molecule has 0 saturated heterocycles. The molecule has 0 aliphatic rings. The largest absolute Gasteiger partial charge is 5.00 e. The van der Waals surface area contributed by atoms with Gasteiger partial charge in [-0.2, -0.15) is 0 Å². The molecule has 24 heavy (non-hydrogen) atoms. The molecule has 0 aliphatic heterocycles. The maximum atomic E-state index is 10.5. The zero-order valence-electron chi connectivity index (χ0n) is 13.3. The second-order valence-electron chi connectivity index (χ2n) is 4.93. The van der Waals surface area contributed by atoms with Crippen LogP contribution in [-0.2, 0) is 36.2 Å². The number of hydrogen-bond donors (Lipinski definition) is 0. The fourth-order valence-corrected chi connectivity index (χ4v) is 2.04. The van der Waals surface area contributed by atoms with Crippen LogP contribution in [-0.4, -0.2) is 72.9 Å². The Morgan fingerprint density at radius 3 is 1.08 bits per heavy atom. The summed E-state index contributed by atoms with van der Waals surface area (Å²) in [6.07, 6.45) is 0. The third kappa shape index (κ3) is 16.2. The third-order valence-electron chi connectivity index (χ3n) is 2.55. The Kier molecular flexibility index (Phi) is 17.2. The Labute approximate surface area is 171 Å². The molecule has 0 aromatic rings. The first-order chi connectivity index (χ1) is 10.1. The van der Waals surface area contributed by atoms with Gasteiger partial charge in [-0.3, -0.25) is 9.80 Å². The number of carboxylic acid groups (broad SMARTS) is 4. The van der Waals surface area contributed by atoms with Gasteiger partial charge >= 0.3 is 46.6 Å². The Morgan fingerprint density at radius 2 is 0.917 bits per heavy atom. The van der Waals surface area contributed by atoms with Crippen molar-refractivity contribution in [2.75, 3.05) is 39.3 Å². The molecule has 0 rings (SSSR count). The van der Waals surface area contributed by atoms with Gasteiger partial charge < -0.3 is 39.6 Å². The number of carbonyl (C=O) groups is 4. The molecule has 0 unspecified atom stereocenters. The second kappa shape index (κ2) is 14.6. The zero-order valence-corrected chi connectivity index (χ0v) is 16.4. The van der Waals surface area contributed by atoms with E-state index in [1.165, 1.54) is 0 Å². The van der Waals surface area contributed by atoms with Gasteiger partial charge in [-0.15, -0.1) is 0 Å². The molecular weight excluding hydrogens is 379 g/mol. The van der Waals surface area contributed by atoms with Crippen molar-refractivity contribution in [3.63, 3.8) is 0 Å². The van der Waals surface area contributed by atoms with Gasteiger partial charge in [-0.1, -0.05) is 6.92 Å². The molecule has 0 bridgehead atoms. The maximum absolute atomic E-state index is 10.5. The number of carboxylic acids is 4. The number of carbonyl (C=O) groups excluding carboxylic acids is 4. The minimum Gasteiger partial charge on any atom is -0.549 e. The number of aliphatic carboxylic acids is 4. The third-order valence-corrected chi connectivity index (χ3v) is 2.55. The van der Waals surface area contributed by atoms with Crippen molar-refractivity contribution in [2.45, 2.75) is 6.92 Å². The molecule has 0 spiro atoms. The Morgan fingerprint density at radius 1 is 0.708 bits per heavy atom. The molecule has 0 aromatic heterocycles. The number of hydrogen-bond acceptors (Lipinski definition) is 10. The van der Waals surface area contributed by atoms with E-state index in [9.17, 15) is 39.6 Å². The molecule has 0 saturated carbocycles. The van der Waals surface area contributed by atoms with E-state index in [1.807, 2.05) is 0 Å². The van der Waals surface area contributed by atoms with Crippen molar-refractivity contribution in [3.05, 3.63) is 0 Å². The van der Waals surface area contributed by atoms with Crippen LogP contribution in [0.2, 0.25) is 0 Å². The van der Waals surface area contributed by atoms with Crippen LogP contribution in [0, 0.1) is 5.92 Å². The van der Waals surface area contributed by atoms with Crippen LogP contribution < -0.4 is 50.0 Å². The molecule has 0 aromatic carbocycles. The maximum Gasteiger partial charge on any atom is 5.00 e. The normalized spacial score (nSPS) is 10.2. The predicted octanol–water partition coefficient (Wildman–Crippen LogP) is -9.77. The molecule has 0 atom stereocenters. The van der Waals surface area contributed by atoms with E-state index in [-0.39, 0.29) is 59.7 Å². The van der Waals surface area contributed by atoms with Gasteiger partial charge in [0.15, 0.2) is 0 Å². The van der Waals surface area contributed by atoms with Gasteiger partial charge in [0, 0.05) is 39.3 Å². The molecule has 129 valence electrons. The minimum atomic E-state index is -1.48. The fraction of sp³-hybridized carbons (Fsp3) is 0.667. The summed E-state index contributed by atoms with van der Waals surface area (Å²) in [7, 11) is 0. The van der Waals surface area contributed by atoms with E-state index >= 15 is 0 Å². The van der Waals surface area contributed by atoms with Gasteiger partial charge in [0.25, 0.3) is 0 Å². The van der Waals surface area contributed by atoms with Gasteiger partial charge in [0.1, 0.15) is 0 Å². The molecule has 1 radical (unpaired) electrons. The van der Waals surface area contributed by atoms with Gasteiger partial charge in [-0.05, 0) is 5.92 Å². The molecule has 0 aliphatic carbocycles. The van der Waals surface area contributed by atoms with E-state index in [4.69, 9.17) is 0 Å². The van der Waals surface area contributed by atoms with Crippen molar-refractivity contribution in [2.24, 2.45) is 5.92 Å². The molecule has 10 nitrogen and oxygen atoms in total. The van der Waals surface area contributed by atoms with Crippen LogP contribution in [0.5, 0.6) is 0 Å². The van der Waals surface area contributed by atoms with Crippen molar-refractivity contribution in [1.82, 2.24) is 9.80 Å².